The van der Waals surface area contributed by atoms with E-state index in [2.05, 4.69) is 10.1 Å². The van der Waals surface area contributed by atoms with Crippen molar-refractivity contribution in [3.8, 4) is 11.3 Å². The van der Waals surface area contributed by atoms with Crippen LogP contribution in [0.2, 0.25) is 0 Å². The molecule has 1 aromatic carbocycles. The molecular weight excluding hydrogens is 364 g/mol. The van der Waals surface area contributed by atoms with Gasteiger partial charge in [-0.05, 0) is 55.0 Å². The van der Waals surface area contributed by atoms with Crippen LogP contribution in [0.5, 0.6) is 0 Å². The van der Waals surface area contributed by atoms with Crippen molar-refractivity contribution in [1.29, 1.82) is 0 Å². The first-order valence-corrected chi connectivity index (χ1v) is 9.18. The van der Waals surface area contributed by atoms with Crippen molar-refractivity contribution in [3.05, 3.63) is 71.2 Å². The number of aliphatic carboxylic acids is 1. The minimum atomic E-state index is -0.892. The number of benzene rings is 1. The number of carboxylic acids is 1. The zero-order valence-electron chi connectivity index (χ0n) is 15.1. The fraction of sp³-hybridized carbons (Fsp3) is 0.286. The van der Waals surface area contributed by atoms with Gasteiger partial charge in [0, 0.05) is 35.3 Å². The van der Waals surface area contributed by atoms with E-state index in [0.717, 1.165) is 35.7 Å². The summed E-state index contributed by atoms with van der Waals surface area (Å²) in [5.41, 5.74) is 3.53. The van der Waals surface area contributed by atoms with Crippen molar-refractivity contribution >= 4 is 5.97 Å². The van der Waals surface area contributed by atoms with E-state index in [1.54, 1.807) is 12.4 Å². The second kappa shape index (κ2) is 7.50. The lowest BCUT2D eigenvalue weighted by molar-refractivity contribution is -0.137. The van der Waals surface area contributed by atoms with Crippen LogP contribution in [0.1, 0.15) is 42.0 Å². The molecule has 1 unspecified atom stereocenters. The highest BCUT2D eigenvalue weighted by Gasteiger charge is 2.31. The van der Waals surface area contributed by atoms with E-state index in [1.165, 1.54) is 12.1 Å². The molecule has 0 fully saturated rings. The summed E-state index contributed by atoms with van der Waals surface area (Å²) in [6, 6.07) is 7.07. The molecular formula is C21H19F2N3O2. The normalized spacial score (nSPS) is 16.0. The van der Waals surface area contributed by atoms with E-state index in [9.17, 15) is 18.7 Å². The molecule has 0 spiro atoms. The predicted octanol–water partition coefficient (Wildman–Crippen LogP) is 4.17. The van der Waals surface area contributed by atoms with Crippen molar-refractivity contribution < 1.29 is 18.7 Å². The third-order valence-corrected chi connectivity index (χ3v) is 5.11. The van der Waals surface area contributed by atoms with Crippen LogP contribution in [0.3, 0.4) is 0 Å². The van der Waals surface area contributed by atoms with Crippen molar-refractivity contribution in [2.75, 3.05) is 0 Å². The molecule has 0 radical (unpaired) electrons. The number of rotatable bonds is 5. The summed E-state index contributed by atoms with van der Waals surface area (Å²) in [5.74, 6) is -2.49. The lowest BCUT2D eigenvalue weighted by atomic mass is 9.82. The summed E-state index contributed by atoms with van der Waals surface area (Å²) in [7, 11) is 0. The first-order chi connectivity index (χ1) is 13.5. The minimum absolute atomic E-state index is 0.0290. The molecule has 1 aliphatic rings. The number of halogens is 2. The van der Waals surface area contributed by atoms with E-state index in [0.29, 0.717) is 24.2 Å². The number of hydrogen-bond donors (Lipinski definition) is 1. The smallest absolute Gasteiger partial charge is 0.303 e. The average Bonchev–Trinajstić information content (AvgIpc) is 3.01. The molecule has 1 atom stereocenters. The molecule has 0 saturated carbocycles. The molecule has 5 nitrogen and oxygen atoms in total. The van der Waals surface area contributed by atoms with Crippen LogP contribution in [0.25, 0.3) is 11.3 Å². The van der Waals surface area contributed by atoms with Crippen molar-refractivity contribution in [2.45, 2.75) is 38.1 Å². The van der Waals surface area contributed by atoms with E-state index < -0.39 is 17.6 Å². The lowest BCUT2D eigenvalue weighted by Crippen LogP contribution is -2.16. The standard InChI is InChI=1S/C21H19F2N3O2/c22-16-8-15(9-17(23)11-16)21-20-14(10-19(27)28)2-1-3-18(20)26(25-21)12-13-4-6-24-7-5-13/h4-9,11,14H,1-3,10,12H2,(H,27,28). The van der Waals surface area contributed by atoms with Crippen LogP contribution in [-0.2, 0) is 17.8 Å². The molecule has 144 valence electrons. The van der Waals surface area contributed by atoms with Gasteiger partial charge < -0.3 is 5.11 Å². The van der Waals surface area contributed by atoms with Crippen molar-refractivity contribution in [2.24, 2.45) is 0 Å². The highest BCUT2D eigenvalue weighted by Crippen LogP contribution is 2.40. The molecule has 0 aliphatic heterocycles. The van der Waals surface area contributed by atoms with Crippen molar-refractivity contribution in [3.63, 3.8) is 0 Å². The summed E-state index contributed by atoms with van der Waals surface area (Å²) in [6.07, 6.45) is 5.68. The molecule has 28 heavy (non-hydrogen) atoms. The number of hydrogen-bond acceptors (Lipinski definition) is 3. The maximum absolute atomic E-state index is 13.8. The Hall–Kier alpha value is -3.09. The fourth-order valence-corrected chi connectivity index (χ4v) is 3.97. The van der Waals surface area contributed by atoms with E-state index in [-0.39, 0.29) is 12.3 Å². The number of fused-ring (bicyclic) bond motifs is 1. The molecule has 1 N–H and O–H groups in total. The van der Waals surface area contributed by atoms with Gasteiger partial charge in [0.05, 0.1) is 18.7 Å². The first-order valence-electron chi connectivity index (χ1n) is 9.18. The molecule has 7 heteroatoms. The monoisotopic (exact) mass is 383 g/mol. The Morgan fingerprint density at radius 2 is 1.89 bits per heavy atom. The van der Waals surface area contributed by atoms with Gasteiger partial charge in [0.2, 0.25) is 0 Å². The van der Waals surface area contributed by atoms with Gasteiger partial charge in [-0.15, -0.1) is 0 Å². The maximum atomic E-state index is 13.8. The van der Waals surface area contributed by atoms with Crippen LogP contribution in [-0.4, -0.2) is 25.8 Å². The minimum Gasteiger partial charge on any atom is -0.481 e. The van der Waals surface area contributed by atoms with E-state index >= 15 is 0 Å². The molecule has 0 bridgehead atoms. The summed E-state index contributed by atoms with van der Waals surface area (Å²) in [4.78, 5) is 15.4. The van der Waals surface area contributed by atoms with E-state index in [1.807, 2.05) is 16.8 Å². The molecule has 0 amide bonds. The Bertz CT molecular complexity index is 998. The van der Waals surface area contributed by atoms with Crippen molar-refractivity contribution in [1.82, 2.24) is 14.8 Å². The molecule has 0 saturated heterocycles. The third-order valence-electron chi connectivity index (χ3n) is 5.11. The number of pyridine rings is 1. The summed E-state index contributed by atoms with van der Waals surface area (Å²) < 4.78 is 29.5. The van der Waals surface area contributed by atoms with Crippen LogP contribution in [0.15, 0.2) is 42.7 Å². The zero-order chi connectivity index (χ0) is 19.7. The average molecular weight is 383 g/mol. The largest absolute Gasteiger partial charge is 0.481 e. The Morgan fingerprint density at radius 3 is 2.57 bits per heavy atom. The fourth-order valence-electron chi connectivity index (χ4n) is 3.97. The summed E-state index contributed by atoms with van der Waals surface area (Å²) in [5, 5.41) is 14.0. The molecule has 3 aromatic rings. The SMILES string of the molecule is O=C(O)CC1CCCc2c1c(-c1cc(F)cc(F)c1)nn2Cc1ccncc1. The van der Waals surface area contributed by atoms with Gasteiger partial charge in [-0.25, -0.2) is 8.78 Å². The first kappa shape index (κ1) is 18.3. The second-order valence-corrected chi connectivity index (χ2v) is 7.07. The number of nitrogens with zero attached hydrogens (tertiary/aromatic N) is 3. The molecule has 2 heterocycles. The Labute approximate surface area is 160 Å². The number of aromatic nitrogens is 3. The van der Waals surface area contributed by atoms with Crippen LogP contribution in [0.4, 0.5) is 8.78 Å². The van der Waals surface area contributed by atoms with Crippen LogP contribution >= 0.6 is 0 Å². The van der Waals surface area contributed by atoms with E-state index in [4.69, 9.17) is 0 Å². The quantitative estimate of drug-likeness (QED) is 0.718. The van der Waals surface area contributed by atoms with Crippen LogP contribution in [0, 0.1) is 11.6 Å². The zero-order valence-corrected chi connectivity index (χ0v) is 15.1. The highest BCUT2D eigenvalue weighted by atomic mass is 19.1. The highest BCUT2D eigenvalue weighted by molar-refractivity contribution is 5.71. The topological polar surface area (TPSA) is 68.0 Å². The van der Waals surface area contributed by atoms with Gasteiger partial charge in [-0.3, -0.25) is 14.5 Å². The van der Waals surface area contributed by atoms with Gasteiger partial charge in [-0.1, -0.05) is 0 Å². The lowest BCUT2D eigenvalue weighted by Gasteiger charge is -2.23. The Kier molecular flexibility index (Phi) is 4.90. The molecule has 4 rings (SSSR count). The Morgan fingerprint density at radius 1 is 1.18 bits per heavy atom. The second-order valence-electron chi connectivity index (χ2n) is 7.07. The van der Waals surface area contributed by atoms with Gasteiger partial charge in [0.1, 0.15) is 11.6 Å². The van der Waals surface area contributed by atoms with Gasteiger partial charge in [0.25, 0.3) is 0 Å². The maximum Gasteiger partial charge on any atom is 0.303 e. The molecule has 1 aliphatic carbocycles. The summed E-state index contributed by atoms with van der Waals surface area (Å²) in [6.45, 7) is 0.489. The summed E-state index contributed by atoms with van der Waals surface area (Å²) >= 11 is 0. The number of carboxylic acid groups (broad SMARTS) is 1. The number of carbonyl (C=O) groups is 1. The predicted molar refractivity (Wildman–Crippen MR) is 98.8 cm³/mol. The molecule has 2 aromatic heterocycles. The van der Waals surface area contributed by atoms with Gasteiger partial charge in [-0.2, -0.15) is 5.10 Å². The van der Waals surface area contributed by atoms with Crippen LogP contribution < -0.4 is 0 Å². The Balaban J connectivity index is 1.85. The van der Waals surface area contributed by atoms with Gasteiger partial charge >= 0.3 is 5.97 Å². The third kappa shape index (κ3) is 3.65. The van der Waals surface area contributed by atoms with Gasteiger partial charge in [0.15, 0.2) is 0 Å².